The van der Waals surface area contributed by atoms with Crippen LogP contribution in [0, 0.1) is 0 Å². The molecule has 1 aliphatic heterocycles. The minimum atomic E-state index is -4.57. The Morgan fingerprint density at radius 3 is 2.63 bits per heavy atom. The topological polar surface area (TPSA) is 76.5 Å². The van der Waals surface area contributed by atoms with E-state index in [9.17, 15) is 22.8 Å². The average Bonchev–Trinajstić information content (AvgIpc) is 2.84. The zero-order valence-electron chi connectivity index (χ0n) is 19.4. The van der Waals surface area contributed by atoms with Gasteiger partial charge in [0.1, 0.15) is 5.03 Å². The van der Waals surface area contributed by atoms with Crippen molar-refractivity contribution in [2.75, 3.05) is 43.9 Å². The first-order chi connectivity index (χ1) is 16.8. The molecule has 7 nitrogen and oxygen atoms in total. The van der Waals surface area contributed by atoms with Crippen LogP contribution in [0.3, 0.4) is 0 Å². The van der Waals surface area contributed by atoms with Crippen molar-refractivity contribution in [1.82, 2.24) is 14.5 Å². The van der Waals surface area contributed by atoms with Crippen molar-refractivity contribution >= 4 is 23.4 Å². The molecule has 4 rings (SSSR count). The summed E-state index contributed by atoms with van der Waals surface area (Å²) in [5, 5.41) is 2.86. The molecule has 2 aliphatic rings. The van der Waals surface area contributed by atoms with E-state index in [0.29, 0.717) is 11.6 Å². The van der Waals surface area contributed by atoms with Crippen molar-refractivity contribution in [3.8, 4) is 0 Å². The van der Waals surface area contributed by atoms with Gasteiger partial charge >= 0.3 is 11.9 Å². The molecular formula is C24H29F3N4O3S. The predicted molar refractivity (Wildman–Crippen MR) is 128 cm³/mol. The third kappa shape index (κ3) is 6.65. The summed E-state index contributed by atoms with van der Waals surface area (Å²) in [6.45, 7) is 4.74. The Morgan fingerprint density at radius 2 is 1.86 bits per heavy atom. The molecule has 1 N–H and O–H groups in total. The lowest BCUT2D eigenvalue weighted by molar-refractivity contribution is -0.137. The molecule has 0 spiro atoms. The lowest BCUT2D eigenvalue weighted by Crippen LogP contribution is -2.38. The van der Waals surface area contributed by atoms with E-state index in [1.54, 1.807) is 4.57 Å². The number of alkyl halides is 3. The Labute approximate surface area is 206 Å². The highest BCUT2D eigenvalue weighted by Crippen LogP contribution is 2.35. The lowest BCUT2D eigenvalue weighted by Gasteiger charge is -2.27. The summed E-state index contributed by atoms with van der Waals surface area (Å²) in [4.78, 5) is 31.9. The number of hydrogen-bond acceptors (Lipinski definition) is 6. The number of benzene rings is 1. The molecule has 1 aliphatic carbocycles. The van der Waals surface area contributed by atoms with Gasteiger partial charge in [0.25, 0.3) is 0 Å². The fourth-order valence-electron chi connectivity index (χ4n) is 4.53. The number of hydrogen-bond donors (Lipinski definition) is 1. The van der Waals surface area contributed by atoms with E-state index in [4.69, 9.17) is 4.74 Å². The van der Waals surface area contributed by atoms with Crippen LogP contribution in [0.2, 0.25) is 0 Å². The molecule has 0 radical (unpaired) electrons. The van der Waals surface area contributed by atoms with Crippen LogP contribution in [0.15, 0.2) is 34.1 Å². The summed E-state index contributed by atoms with van der Waals surface area (Å²) in [6, 6.07) is 4.87. The van der Waals surface area contributed by atoms with Crippen LogP contribution in [-0.4, -0.2) is 59.0 Å². The largest absolute Gasteiger partial charge is 0.418 e. The van der Waals surface area contributed by atoms with Crippen molar-refractivity contribution in [2.45, 2.75) is 49.9 Å². The Kier molecular flexibility index (Phi) is 8.51. The Balaban J connectivity index is 1.42. The first kappa shape index (κ1) is 25.7. The van der Waals surface area contributed by atoms with Gasteiger partial charge < -0.3 is 10.1 Å². The number of thioether (sulfide) groups is 1. The quantitative estimate of drug-likeness (QED) is 0.432. The maximum atomic E-state index is 13.2. The molecule has 0 atom stereocenters. The van der Waals surface area contributed by atoms with E-state index in [-0.39, 0.29) is 17.1 Å². The van der Waals surface area contributed by atoms with Crippen LogP contribution in [0.1, 0.15) is 36.1 Å². The minimum absolute atomic E-state index is 0.133. The standard InChI is InChI=1S/C24H29F3N4O3S/c25-24(26,27)18-7-2-3-8-19(18)28-21(32)16-35-22-17-6-1-4-9-20(17)31(23(33)29-22)11-5-10-30-12-14-34-15-13-30/h2-3,7-8H,1,4-6,9-16H2,(H,28,32). The molecule has 0 saturated carbocycles. The second-order valence-corrected chi connectivity index (χ2v) is 9.64. The molecule has 2 heterocycles. The number of para-hydroxylation sites is 1. The van der Waals surface area contributed by atoms with Gasteiger partial charge in [-0.15, -0.1) is 0 Å². The number of carbonyl (C=O) groups is 1. The van der Waals surface area contributed by atoms with Crippen molar-refractivity contribution in [1.29, 1.82) is 0 Å². The number of aromatic nitrogens is 2. The molecule has 1 amide bonds. The maximum absolute atomic E-state index is 13.2. The fourth-order valence-corrected chi connectivity index (χ4v) is 5.41. The van der Waals surface area contributed by atoms with Crippen LogP contribution in [-0.2, 0) is 35.1 Å². The normalized spacial score (nSPS) is 16.7. The first-order valence-corrected chi connectivity index (χ1v) is 12.8. The van der Waals surface area contributed by atoms with E-state index in [1.807, 2.05) is 0 Å². The number of carbonyl (C=O) groups excluding carboxylic acids is 1. The zero-order chi connectivity index (χ0) is 24.8. The molecule has 2 aromatic rings. The number of fused-ring (bicyclic) bond motifs is 1. The van der Waals surface area contributed by atoms with Gasteiger partial charge in [-0.1, -0.05) is 23.9 Å². The van der Waals surface area contributed by atoms with Crippen molar-refractivity contribution in [3.05, 3.63) is 51.6 Å². The van der Waals surface area contributed by atoms with Crippen LogP contribution in [0.5, 0.6) is 0 Å². The summed E-state index contributed by atoms with van der Waals surface area (Å²) >= 11 is 1.11. The van der Waals surface area contributed by atoms with Crippen LogP contribution < -0.4 is 11.0 Å². The van der Waals surface area contributed by atoms with Gasteiger partial charge in [-0.3, -0.25) is 14.3 Å². The zero-order valence-corrected chi connectivity index (χ0v) is 20.2. The van der Waals surface area contributed by atoms with Gasteiger partial charge in [-0.05, 0) is 44.2 Å². The smallest absolute Gasteiger partial charge is 0.379 e. The number of ether oxygens (including phenoxy) is 1. The van der Waals surface area contributed by atoms with Crippen LogP contribution in [0.4, 0.5) is 18.9 Å². The van der Waals surface area contributed by atoms with E-state index >= 15 is 0 Å². The van der Waals surface area contributed by atoms with Gasteiger partial charge in [0.2, 0.25) is 5.91 Å². The minimum Gasteiger partial charge on any atom is -0.379 e. The third-order valence-electron chi connectivity index (χ3n) is 6.26. The molecule has 35 heavy (non-hydrogen) atoms. The molecule has 1 aromatic carbocycles. The number of amides is 1. The van der Waals surface area contributed by atoms with Gasteiger partial charge in [0.15, 0.2) is 0 Å². The fraction of sp³-hybridized carbons (Fsp3) is 0.542. The highest BCUT2D eigenvalue weighted by atomic mass is 32.2. The number of nitrogens with one attached hydrogen (secondary N) is 1. The van der Waals surface area contributed by atoms with E-state index in [2.05, 4.69) is 15.2 Å². The van der Waals surface area contributed by atoms with Crippen molar-refractivity contribution < 1.29 is 22.7 Å². The Bertz CT molecular complexity index is 1100. The summed E-state index contributed by atoms with van der Waals surface area (Å²) in [7, 11) is 0. The number of morpholine rings is 1. The van der Waals surface area contributed by atoms with E-state index in [1.165, 1.54) is 18.2 Å². The number of nitrogens with zero attached hydrogens (tertiary/aromatic N) is 3. The maximum Gasteiger partial charge on any atom is 0.418 e. The van der Waals surface area contributed by atoms with E-state index < -0.39 is 17.6 Å². The Hall–Kier alpha value is -2.37. The average molecular weight is 511 g/mol. The molecular weight excluding hydrogens is 481 g/mol. The molecule has 0 unspecified atom stereocenters. The molecule has 1 fully saturated rings. The van der Waals surface area contributed by atoms with Gasteiger partial charge in [0.05, 0.1) is 30.2 Å². The highest BCUT2D eigenvalue weighted by molar-refractivity contribution is 8.00. The van der Waals surface area contributed by atoms with Crippen molar-refractivity contribution in [2.24, 2.45) is 0 Å². The van der Waals surface area contributed by atoms with Gasteiger partial charge in [0, 0.05) is 37.4 Å². The van der Waals surface area contributed by atoms with E-state index in [0.717, 1.165) is 94.0 Å². The highest BCUT2D eigenvalue weighted by Gasteiger charge is 2.33. The third-order valence-corrected chi connectivity index (χ3v) is 7.27. The summed E-state index contributed by atoms with van der Waals surface area (Å²) < 4.78 is 46.7. The SMILES string of the molecule is O=C(CSc1nc(=O)n(CCCN2CCOCC2)c2c1CCCC2)Nc1ccccc1C(F)(F)F. The molecule has 0 bridgehead atoms. The molecule has 1 saturated heterocycles. The lowest BCUT2D eigenvalue weighted by atomic mass is 9.97. The van der Waals surface area contributed by atoms with Crippen molar-refractivity contribution in [3.63, 3.8) is 0 Å². The van der Waals surface area contributed by atoms with Crippen LogP contribution in [0.25, 0.3) is 0 Å². The Morgan fingerprint density at radius 1 is 1.11 bits per heavy atom. The second kappa shape index (κ2) is 11.6. The summed E-state index contributed by atoms with van der Waals surface area (Å²) in [5.74, 6) is -0.709. The predicted octanol–water partition coefficient (Wildman–Crippen LogP) is 3.59. The molecule has 1 aromatic heterocycles. The van der Waals surface area contributed by atoms with Gasteiger partial charge in [-0.2, -0.15) is 18.2 Å². The summed E-state index contributed by atoms with van der Waals surface area (Å²) in [6.07, 6.45) is -0.222. The number of rotatable bonds is 8. The summed E-state index contributed by atoms with van der Waals surface area (Å²) in [5.41, 5.74) is 0.446. The molecule has 11 heteroatoms. The van der Waals surface area contributed by atoms with Crippen LogP contribution >= 0.6 is 11.8 Å². The monoisotopic (exact) mass is 510 g/mol. The number of anilines is 1. The molecule has 190 valence electrons. The first-order valence-electron chi connectivity index (χ1n) is 11.8. The second-order valence-electron chi connectivity index (χ2n) is 8.67. The van der Waals surface area contributed by atoms with Gasteiger partial charge in [-0.25, -0.2) is 4.79 Å². The number of halogens is 3.